The highest BCUT2D eigenvalue weighted by Gasteiger charge is 2.34. The topological polar surface area (TPSA) is 83.2 Å². The van der Waals surface area contributed by atoms with Crippen LogP contribution in [-0.4, -0.2) is 6.54 Å². The summed E-state index contributed by atoms with van der Waals surface area (Å²) in [6, 6.07) is 46.1. The quantitative estimate of drug-likeness (QED) is 0.117. The molecule has 5 aromatic rings. The van der Waals surface area contributed by atoms with Gasteiger partial charge in [0.2, 0.25) is 0 Å². The summed E-state index contributed by atoms with van der Waals surface area (Å²) in [7, 11) is -6.42. The number of benzene rings is 5. The van der Waals surface area contributed by atoms with Crippen LogP contribution in [0.1, 0.15) is 6.92 Å². The van der Waals surface area contributed by atoms with Gasteiger partial charge in [-0.05, 0) is 78.8 Å². The first kappa shape index (κ1) is 31.5. The normalized spacial score (nSPS) is 12.3. The summed E-state index contributed by atoms with van der Waals surface area (Å²) < 4.78 is 46.9. The first-order chi connectivity index (χ1) is 21.5. The molecule has 226 valence electrons. The minimum atomic E-state index is -3.81. The van der Waals surface area contributed by atoms with Gasteiger partial charge in [0.1, 0.15) is 28.7 Å². The molecule has 0 fully saturated rings. The van der Waals surface area contributed by atoms with E-state index in [4.69, 9.17) is 42.9 Å². The Balaban J connectivity index is 1.75. The van der Waals surface area contributed by atoms with Gasteiger partial charge in [0, 0.05) is 6.54 Å². The molecule has 1 atom stereocenters. The third-order valence-corrected chi connectivity index (χ3v) is 12.9. The molecule has 5 aromatic carbocycles. The van der Waals surface area contributed by atoms with Gasteiger partial charge in [-0.3, -0.25) is 0 Å². The lowest BCUT2D eigenvalue weighted by atomic mass is 10.3. The third kappa shape index (κ3) is 9.54. The Hall–Kier alpha value is -3.92. The molecule has 5 rings (SSSR count). The van der Waals surface area contributed by atoms with Gasteiger partial charge in [0.15, 0.2) is 0 Å². The predicted molar refractivity (Wildman–Crippen MR) is 181 cm³/mol. The fourth-order valence-electron chi connectivity index (χ4n) is 3.70. The van der Waals surface area contributed by atoms with Crippen LogP contribution in [0.25, 0.3) is 0 Å². The lowest BCUT2D eigenvalue weighted by Gasteiger charge is -2.25. The second-order valence-corrected chi connectivity index (χ2v) is 15.5. The number of para-hydroxylation sites is 5. The van der Waals surface area contributed by atoms with Crippen LogP contribution in [0.2, 0.25) is 0 Å². The van der Waals surface area contributed by atoms with Crippen LogP contribution >= 0.6 is 33.9 Å². The minimum Gasteiger partial charge on any atom is -0.432 e. The van der Waals surface area contributed by atoms with Crippen molar-refractivity contribution >= 4 is 33.9 Å². The van der Waals surface area contributed by atoms with Gasteiger partial charge >= 0.3 is 22.6 Å². The molecule has 1 unspecified atom stereocenters. The van der Waals surface area contributed by atoms with Crippen LogP contribution < -0.4 is 22.6 Å². The second-order valence-electron chi connectivity index (χ2n) is 8.92. The molecule has 0 heterocycles. The van der Waals surface area contributed by atoms with E-state index in [9.17, 15) is 0 Å². The summed E-state index contributed by atoms with van der Waals surface area (Å²) in [4.78, 5) is 0. The van der Waals surface area contributed by atoms with E-state index in [1.54, 1.807) is 36.4 Å². The average molecular weight is 666 g/mol. The van der Waals surface area contributed by atoms with E-state index in [0.29, 0.717) is 35.3 Å². The van der Waals surface area contributed by atoms with Crippen LogP contribution in [-0.2, 0) is 0 Å². The van der Waals surface area contributed by atoms with Crippen LogP contribution in [0, 0.1) is 0 Å². The smallest absolute Gasteiger partial charge is 0.432 e. The van der Waals surface area contributed by atoms with Crippen molar-refractivity contribution in [1.29, 1.82) is 0 Å². The number of rotatable bonds is 13. The first-order valence-corrected chi connectivity index (χ1v) is 19.1. The maximum atomic E-state index is 7.19. The third-order valence-electron chi connectivity index (χ3n) is 5.54. The van der Waals surface area contributed by atoms with Gasteiger partial charge in [-0.1, -0.05) is 91.0 Å². The highest BCUT2D eigenvalue weighted by Crippen LogP contribution is 2.69. The predicted octanol–water partition coefficient (Wildman–Crippen LogP) is 11.8. The van der Waals surface area contributed by atoms with Gasteiger partial charge < -0.3 is 22.6 Å². The zero-order valence-electron chi connectivity index (χ0n) is 23.8. The van der Waals surface area contributed by atoms with E-state index in [2.05, 4.69) is 4.74 Å². The molecule has 0 aliphatic carbocycles. The molecule has 0 bridgehead atoms. The molecular formula is C32H31ClN3O5P3. The number of hydrogen-bond donors (Lipinski definition) is 0. The lowest BCUT2D eigenvalue weighted by Crippen LogP contribution is -2.02. The van der Waals surface area contributed by atoms with E-state index in [1.807, 2.05) is 122 Å². The SMILES string of the molecule is CCN=P(Cl)(N=P(N=[PH](Oc1ccccc1)Oc1ccccc1)(Oc1ccccc1)Oc1ccccc1)Oc1ccccc1. The molecule has 44 heavy (non-hydrogen) atoms. The zero-order chi connectivity index (χ0) is 30.5. The van der Waals surface area contributed by atoms with Gasteiger partial charge in [-0.15, -0.1) is 9.03 Å². The maximum Gasteiger partial charge on any atom is 0.457 e. The highest BCUT2D eigenvalue weighted by molar-refractivity contribution is 7.89. The van der Waals surface area contributed by atoms with Gasteiger partial charge in [0.05, 0.1) is 0 Å². The average Bonchev–Trinajstić information content (AvgIpc) is 3.03. The van der Waals surface area contributed by atoms with Gasteiger partial charge in [0.25, 0.3) is 0 Å². The molecule has 0 N–H and O–H groups in total. The number of halogens is 1. The van der Waals surface area contributed by atoms with E-state index in [-0.39, 0.29) is 0 Å². The lowest BCUT2D eigenvalue weighted by molar-refractivity contribution is 0.470. The second kappa shape index (κ2) is 15.7. The summed E-state index contributed by atoms with van der Waals surface area (Å²) in [5.41, 5.74) is 0. The number of nitrogens with zero attached hydrogens (tertiary/aromatic N) is 3. The van der Waals surface area contributed by atoms with Crippen LogP contribution in [0.3, 0.4) is 0 Å². The molecule has 0 saturated heterocycles. The largest absolute Gasteiger partial charge is 0.457 e. The Bertz CT molecular complexity index is 1660. The standard InChI is InChI=1S/C32H31ClN3O5P3/c1-2-34-43(33,39-30-22-12-5-13-23-30)36-44(40-31-24-14-6-15-25-31,41-32-26-16-7-17-27-32)35-42(37-28-18-8-3-9-19-28)38-29-20-10-4-11-21-29/h3-27,42H,2H2,1H3. The van der Waals surface area contributed by atoms with Crippen molar-refractivity contribution < 1.29 is 22.6 Å². The van der Waals surface area contributed by atoms with Crippen molar-refractivity contribution in [3.05, 3.63) is 152 Å². The number of hydrogen-bond acceptors (Lipinski definition) is 6. The fourth-order valence-corrected chi connectivity index (χ4v) is 11.2. The molecule has 12 heteroatoms. The molecule has 8 nitrogen and oxygen atoms in total. The summed E-state index contributed by atoms with van der Waals surface area (Å²) in [6.07, 6.45) is 0. The van der Waals surface area contributed by atoms with Crippen molar-refractivity contribution in [2.75, 3.05) is 6.54 Å². The molecule has 0 radical (unpaired) electrons. The van der Waals surface area contributed by atoms with Crippen molar-refractivity contribution in [2.45, 2.75) is 6.92 Å². The van der Waals surface area contributed by atoms with E-state index < -0.39 is 22.6 Å². The Morgan fingerprint density at radius 3 is 1.23 bits per heavy atom. The van der Waals surface area contributed by atoms with Crippen LogP contribution in [0.15, 0.2) is 165 Å². The summed E-state index contributed by atoms with van der Waals surface area (Å²) in [5, 5.41) is 0. The Labute approximate surface area is 263 Å². The summed E-state index contributed by atoms with van der Waals surface area (Å²) in [5.74, 6) is 2.54. The summed E-state index contributed by atoms with van der Waals surface area (Å²) in [6.45, 7) is -1.28. The molecule has 0 amide bonds. The van der Waals surface area contributed by atoms with Crippen LogP contribution in [0.5, 0.6) is 28.7 Å². The monoisotopic (exact) mass is 665 g/mol. The maximum absolute atomic E-state index is 7.19. The molecule has 0 spiro atoms. The summed E-state index contributed by atoms with van der Waals surface area (Å²) >= 11 is 7.19. The van der Waals surface area contributed by atoms with Crippen molar-refractivity contribution in [3.8, 4) is 28.7 Å². The van der Waals surface area contributed by atoms with Crippen molar-refractivity contribution in [2.24, 2.45) is 13.8 Å². The fraction of sp³-hybridized carbons (Fsp3) is 0.0625. The van der Waals surface area contributed by atoms with Crippen LogP contribution in [0.4, 0.5) is 0 Å². The van der Waals surface area contributed by atoms with Gasteiger partial charge in [-0.2, -0.15) is 0 Å². The van der Waals surface area contributed by atoms with E-state index in [1.165, 1.54) is 0 Å². The van der Waals surface area contributed by atoms with Crippen molar-refractivity contribution in [3.63, 3.8) is 0 Å². The molecular weight excluding hydrogens is 635 g/mol. The molecule has 0 saturated carbocycles. The Morgan fingerprint density at radius 2 is 0.864 bits per heavy atom. The first-order valence-electron chi connectivity index (χ1n) is 13.7. The Morgan fingerprint density at radius 1 is 0.523 bits per heavy atom. The minimum absolute atomic E-state index is 0.336. The van der Waals surface area contributed by atoms with Crippen molar-refractivity contribution in [1.82, 2.24) is 0 Å². The molecule has 0 aromatic heterocycles. The zero-order valence-corrected chi connectivity index (χ0v) is 27.3. The highest BCUT2D eigenvalue weighted by atomic mass is 35.7. The van der Waals surface area contributed by atoms with E-state index >= 15 is 0 Å². The molecule has 0 aliphatic rings. The van der Waals surface area contributed by atoms with E-state index in [0.717, 1.165) is 0 Å². The van der Waals surface area contributed by atoms with Gasteiger partial charge in [-0.25, -0.2) is 4.74 Å². The Kier molecular flexibility index (Phi) is 11.2. The molecule has 0 aliphatic heterocycles.